The van der Waals surface area contributed by atoms with Gasteiger partial charge in [0.1, 0.15) is 5.82 Å². The highest BCUT2D eigenvalue weighted by Gasteiger charge is 2.21. The van der Waals surface area contributed by atoms with Gasteiger partial charge in [0.2, 0.25) is 0 Å². The quantitative estimate of drug-likeness (QED) is 0.809. The topological polar surface area (TPSA) is 38.0 Å². The van der Waals surface area contributed by atoms with Crippen LogP contribution >= 0.6 is 0 Å². The zero-order valence-electron chi connectivity index (χ0n) is 9.66. The van der Waals surface area contributed by atoms with Crippen LogP contribution in [0, 0.1) is 6.92 Å². The number of nitrogens with zero attached hydrogens (tertiary/aromatic N) is 2. The molecular formula is C12H20N2O. The molecular weight excluding hydrogens is 188 g/mol. The van der Waals surface area contributed by atoms with Gasteiger partial charge >= 0.3 is 0 Å². The van der Waals surface area contributed by atoms with E-state index in [1.165, 1.54) is 37.9 Å². The van der Waals surface area contributed by atoms with Gasteiger partial charge in [-0.05, 0) is 19.8 Å². The SMILES string of the molecule is Cc1nc(C2CCCCC2)n(C)c1CO. The minimum atomic E-state index is 0.0993. The van der Waals surface area contributed by atoms with Crippen molar-refractivity contribution in [2.45, 2.75) is 51.6 Å². The number of hydrogen-bond donors (Lipinski definition) is 1. The summed E-state index contributed by atoms with van der Waals surface area (Å²) in [4.78, 5) is 4.61. The number of aryl methyl sites for hydroxylation is 1. The largest absolute Gasteiger partial charge is 0.390 e. The number of aliphatic hydroxyl groups excluding tert-OH is 1. The van der Waals surface area contributed by atoms with Crippen molar-refractivity contribution in [3.8, 4) is 0 Å². The lowest BCUT2D eigenvalue weighted by Gasteiger charge is -2.21. The van der Waals surface area contributed by atoms with E-state index in [9.17, 15) is 5.11 Å². The summed E-state index contributed by atoms with van der Waals surface area (Å²) in [7, 11) is 2.02. The van der Waals surface area contributed by atoms with Crippen molar-refractivity contribution in [2.24, 2.45) is 7.05 Å². The van der Waals surface area contributed by atoms with E-state index in [4.69, 9.17) is 0 Å². The minimum absolute atomic E-state index is 0.0993. The molecule has 1 fully saturated rings. The average molecular weight is 208 g/mol. The lowest BCUT2D eigenvalue weighted by Crippen LogP contribution is -2.11. The maximum atomic E-state index is 9.25. The Hall–Kier alpha value is -0.830. The first-order valence-electron chi connectivity index (χ1n) is 5.87. The molecule has 1 aliphatic carbocycles. The van der Waals surface area contributed by atoms with Crippen LogP contribution in [-0.2, 0) is 13.7 Å². The van der Waals surface area contributed by atoms with Crippen molar-refractivity contribution in [1.29, 1.82) is 0 Å². The Morgan fingerprint density at radius 2 is 2.00 bits per heavy atom. The molecule has 0 aromatic carbocycles. The predicted molar refractivity (Wildman–Crippen MR) is 59.7 cm³/mol. The van der Waals surface area contributed by atoms with Gasteiger partial charge in [0.05, 0.1) is 18.0 Å². The third-order valence-corrected chi connectivity index (χ3v) is 3.57. The summed E-state index contributed by atoms with van der Waals surface area (Å²) in [6.45, 7) is 2.08. The molecule has 1 N–H and O–H groups in total. The number of hydrogen-bond acceptors (Lipinski definition) is 2. The fourth-order valence-electron chi connectivity index (χ4n) is 2.64. The van der Waals surface area contributed by atoms with Crippen molar-refractivity contribution < 1.29 is 5.11 Å². The molecule has 1 heterocycles. The van der Waals surface area contributed by atoms with Crippen LogP contribution in [0.3, 0.4) is 0 Å². The molecule has 0 amide bonds. The van der Waals surface area contributed by atoms with Crippen LogP contribution in [-0.4, -0.2) is 14.7 Å². The van der Waals surface area contributed by atoms with E-state index in [0.717, 1.165) is 11.4 Å². The van der Waals surface area contributed by atoms with E-state index in [-0.39, 0.29) is 6.61 Å². The summed E-state index contributed by atoms with van der Waals surface area (Å²) in [6.07, 6.45) is 6.53. The molecule has 3 nitrogen and oxygen atoms in total. The van der Waals surface area contributed by atoms with Crippen LogP contribution in [0.2, 0.25) is 0 Å². The van der Waals surface area contributed by atoms with Crippen LogP contribution in [0.5, 0.6) is 0 Å². The first-order chi connectivity index (χ1) is 7.24. The van der Waals surface area contributed by atoms with Crippen molar-refractivity contribution in [3.05, 3.63) is 17.2 Å². The monoisotopic (exact) mass is 208 g/mol. The number of aromatic nitrogens is 2. The predicted octanol–water partition coefficient (Wildman–Crippen LogP) is 2.27. The van der Waals surface area contributed by atoms with Crippen molar-refractivity contribution in [1.82, 2.24) is 9.55 Å². The standard InChI is InChI=1S/C12H20N2O/c1-9-11(8-15)14(2)12(13-9)10-6-4-3-5-7-10/h10,15H,3-8H2,1-2H3. The van der Waals surface area contributed by atoms with Crippen LogP contribution in [0.15, 0.2) is 0 Å². The smallest absolute Gasteiger partial charge is 0.112 e. The number of imidazole rings is 1. The van der Waals surface area contributed by atoms with Crippen LogP contribution in [0.25, 0.3) is 0 Å². The van der Waals surface area contributed by atoms with Gasteiger partial charge in [0.25, 0.3) is 0 Å². The molecule has 0 bridgehead atoms. The second-order valence-corrected chi connectivity index (χ2v) is 4.55. The third-order valence-electron chi connectivity index (χ3n) is 3.57. The average Bonchev–Trinajstić information content (AvgIpc) is 2.55. The maximum Gasteiger partial charge on any atom is 0.112 e. The molecule has 15 heavy (non-hydrogen) atoms. The minimum Gasteiger partial charge on any atom is -0.390 e. The summed E-state index contributed by atoms with van der Waals surface area (Å²) >= 11 is 0. The molecule has 0 saturated heterocycles. The van der Waals surface area contributed by atoms with Crippen LogP contribution < -0.4 is 0 Å². The summed E-state index contributed by atoms with van der Waals surface area (Å²) in [5.74, 6) is 1.79. The van der Waals surface area contributed by atoms with Gasteiger partial charge in [0, 0.05) is 13.0 Å². The lowest BCUT2D eigenvalue weighted by atomic mass is 9.89. The van der Waals surface area contributed by atoms with Crippen LogP contribution in [0.1, 0.15) is 55.2 Å². The van der Waals surface area contributed by atoms with E-state index < -0.39 is 0 Å². The van der Waals surface area contributed by atoms with Crippen molar-refractivity contribution >= 4 is 0 Å². The highest BCUT2D eigenvalue weighted by Crippen LogP contribution is 2.32. The molecule has 0 aliphatic heterocycles. The molecule has 0 unspecified atom stereocenters. The normalized spacial score (nSPS) is 18.3. The summed E-state index contributed by atoms with van der Waals surface area (Å²) < 4.78 is 2.09. The molecule has 1 aromatic heterocycles. The van der Waals surface area contributed by atoms with E-state index in [1.54, 1.807) is 0 Å². The fourth-order valence-corrected chi connectivity index (χ4v) is 2.64. The fraction of sp³-hybridized carbons (Fsp3) is 0.750. The van der Waals surface area contributed by atoms with E-state index in [0.29, 0.717) is 5.92 Å². The molecule has 1 aromatic rings. The zero-order chi connectivity index (χ0) is 10.8. The van der Waals surface area contributed by atoms with Gasteiger partial charge in [-0.1, -0.05) is 19.3 Å². The second kappa shape index (κ2) is 4.35. The summed E-state index contributed by atoms with van der Waals surface area (Å²) in [5, 5.41) is 9.25. The molecule has 2 rings (SSSR count). The van der Waals surface area contributed by atoms with Crippen molar-refractivity contribution in [3.63, 3.8) is 0 Å². The van der Waals surface area contributed by atoms with E-state index in [1.807, 2.05) is 14.0 Å². The Labute approximate surface area is 91.1 Å². The molecule has 0 atom stereocenters. The molecule has 84 valence electrons. The van der Waals surface area contributed by atoms with E-state index >= 15 is 0 Å². The van der Waals surface area contributed by atoms with Crippen molar-refractivity contribution in [2.75, 3.05) is 0 Å². The summed E-state index contributed by atoms with van der Waals surface area (Å²) in [6, 6.07) is 0. The third kappa shape index (κ3) is 1.93. The van der Waals surface area contributed by atoms with Gasteiger partial charge in [-0.15, -0.1) is 0 Å². The Balaban J connectivity index is 2.27. The Morgan fingerprint density at radius 3 is 2.53 bits per heavy atom. The first kappa shape index (κ1) is 10.7. The maximum absolute atomic E-state index is 9.25. The Bertz CT molecular complexity index is 338. The van der Waals surface area contributed by atoms with E-state index in [2.05, 4.69) is 9.55 Å². The zero-order valence-corrected chi connectivity index (χ0v) is 9.66. The number of aliphatic hydroxyl groups is 1. The first-order valence-corrected chi connectivity index (χ1v) is 5.87. The highest BCUT2D eigenvalue weighted by molar-refractivity contribution is 5.17. The molecule has 1 saturated carbocycles. The second-order valence-electron chi connectivity index (χ2n) is 4.55. The van der Waals surface area contributed by atoms with Gasteiger partial charge in [-0.3, -0.25) is 0 Å². The molecule has 0 radical (unpaired) electrons. The van der Waals surface area contributed by atoms with Gasteiger partial charge in [0.15, 0.2) is 0 Å². The van der Waals surface area contributed by atoms with Gasteiger partial charge < -0.3 is 9.67 Å². The lowest BCUT2D eigenvalue weighted by molar-refractivity contribution is 0.270. The highest BCUT2D eigenvalue weighted by atomic mass is 16.3. The molecule has 3 heteroatoms. The molecule has 1 aliphatic rings. The molecule has 0 spiro atoms. The Morgan fingerprint density at radius 1 is 1.33 bits per heavy atom. The number of rotatable bonds is 2. The summed E-state index contributed by atoms with van der Waals surface area (Å²) in [5.41, 5.74) is 1.95. The Kier molecular flexibility index (Phi) is 3.10. The van der Waals surface area contributed by atoms with Gasteiger partial charge in [-0.25, -0.2) is 4.98 Å². The van der Waals surface area contributed by atoms with Crippen LogP contribution in [0.4, 0.5) is 0 Å². The van der Waals surface area contributed by atoms with Gasteiger partial charge in [-0.2, -0.15) is 0 Å².